The fourth-order valence-electron chi connectivity index (χ4n) is 2.51. The zero-order chi connectivity index (χ0) is 20.2. The lowest BCUT2D eigenvalue weighted by atomic mass is 10.2. The lowest BCUT2D eigenvalue weighted by Gasteiger charge is -2.24. The van der Waals surface area contributed by atoms with Gasteiger partial charge in [0.2, 0.25) is 5.91 Å². The second kappa shape index (κ2) is 11.8. The number of methoxy groups -OCH3 is 2. The number of nitriles is 1. The highest BCUT2D eigenvalue weighted by Crippen LogP contribution is 2.28. The highest BCUT2D eigenvalue weighted by Gasteiger charge is 2.16. The van der Waals surface area contributed by atoms with Crippen molar-refractivity contribution in [1.82, 2.24) is 4.90 Å². The summed E-state index contributed by atoms with van der Waals surface area (Å²) in [5, 5.41) is 8.91. The van der Waals surface area contributed by atoms with Gasteiger partial charge in [-0.1, -0.05) is 13.8 Å². The van der Waals surface area contributed by atoms with Gasteiger partial charge in [0.25, 0.3) is 0 Å². The molecule has 7 heteroatoms. The molecule has 0 saturated carbocycles. The molecule has 1 rings (SSSR count). The number of benzene rings is 1. The average molecular weight is 376 g/mol. The monoisotopic (exact) mass is 376 g/mol. The van der Waals surface area contributed by atoms with Gasteiger partial charge in [-0.25, -0.2) is 0 Å². The lowest BCUT2D eigenvalue weighted by molar-refractivity contribution is -0.142. The van der Waals surface area contributed by atoms with E-state index in [1.165, 1.54) is 14.2 Å². The molecule has 148 valence electrons. The summed E-state index contributed by atoms with van der Waals surface area (Å²) in [7, 11) is 2.85. The molecule has 0 fully saturated rings. The summed E-state index contributed by atoms with van der Waals surface area (Å²) < 4.78 is 15.5. The topological polar surface area (TPSA) is 88.9 Å². The van der Waals surface area contributed by atoms with Crippen molar-refractivity contribution in [3.05, 3.63) is 23.8 Å². The predicted molar refractivity (Wildman–Crippen MR) is 100 cm³/mol. The standard InChI is InChI=1S/C20H28N2O5/c1-15(2)14-22(10-9-20(24)26-4)19(23)6-5-11-27-17-8-7-16(13-21)12-18(17)25-3/h7-8,12,15H,5-6,9-11,14H2,1-4H3. The fraction of sp³-hybridized carbons (Fsp3) is 0.550. The Labute approximate surface area is 160 Å². The molecule has 1 amide bonds. The van der Waals surface area contributed by atoms with Gasteiger partial charge in [-0.05, 0) is 24.5 Å². The summed E-state index contributed by atoms with van der Waals surface area (Å²) in [6.07, 6.45) is 1.05. The van der Waals surface area contributed by atoms with Crippen molar-refractivity contribution in [3.8, 4) is 17.6 Å². The van der Waals surface area contributed by atoms with Crippen LogP contribution in [0.25, 0.3) is 0 Å². The van der Waals surface area contributed by atoms with Crippen LogP contribution in [0.3, 0.4) is 0 Å². The minimum Gasteiger partial charge on any atom is -0.493 e. The first-order valence-electron chi connectivity index (χ1n) is 8.96. The lowest BCUT2D eigenvalue weighted by Crippen LogP contribution is -2.36. The van der Waals surface area contributed by atoms with Crippen LogP contribution >= 0.6 is 0 Å². The maximum absolute atomic E-state index is 12.5. The number of hydrogen-bond donors (Lipinski definition) is 0. The molecule has 0 unspecified atom stereocenters. The zero-order valence-electron chi connectivity index (χ0n) is 16.5. The average Bonchev–Trinajstić information content (AvgIpc) is 2.67. The van der Waals surface area contributed by atoms with E-state index in [1.807, 2.05) is 19.9 Å². The number of esters is 1. The van der Waals surface area contributed by atoms with Gasteiger partial charge < -0.3 is 19.1 Å². The number of carbonyl (C=O) groups excluding carboxylic acids is 2. The van der Waals surface area contributed by atoms with Gasteiger partial charge in [0.15, 0.2) is 11.5 Å². The molecule has 7 nitrogen and oxygen atoms in total. The quantitative estimate of drug-likeness (QED) is 0.436. The molecule has 1 aromatic rings. The maximum atomic E-state index is 12.5. The molecule has 0 aromatic heterocycles. The van der Waals surface area contributed by atoms with Crippen molar-refractivity contribution >= 4 is 11.9 Å². The summed E-state index contributed by atoms with van der Waals surface area (Å²) in [5.41, 5.74) is 0.490. The van der Waals surface area contributed by atoms with Crippen molar-refractivity contribution in [2.45, 2.75) is 33.1 Å². The molecule has 0 spiro atoms. The Morgan fingerprint density at radius 2 is 1.93 bits per heavy atom. The molecule has 0 aliphatic rings. The van der Waals surface area contributed by atoms with Crippen molar-refractivity contribution in [2.75, 3.05) is 33.9 Å². The van der Waals surface area contributed by atoms with Gasteiger partial charge in [0, 0.05) is 25.6 Å². The molecule has 0 bridgehead atoms. The van der Waals surface area contributed by atoms with E-state index < -0.39 is 0 Å². The molecular formula is C20H28N2O5. The van der Waals surface area contributed by atoms with Crippen LogP contribution in [0.2, 0.25) is 0 Å². The molecule has 0 radical (unpaired) electrons. The van der Waals surface area contributed by atoms with Gasteiger partial charge in [-0.3, -0.25) is 9.59 Å². The number of ether oxygens (including phenoxy) is 3. The van der Waals surface area contributed by atoms with E-state index in [9.17, 15) is 9.59 Å². The molecule has 0 heterocycles. The summed E-state index contributed by atoms with van der Waals surface area (Å²) in [4.78, 5) is 25.5. The van der Waals surface area contributed by atoms with E-state index >= 15 is 0 Å². The van der Waals surface area contributed by atoms with Crippen LogP contribution in [0.1, 0.15) is 38.7 Å². The smallest absolute Gasteiger partial charge is 0.307 e. The van der Waals surface area contributed by atoms with E-state index in [1.54, 1.807) is 23.1 Å². The van der Waals surface area contributed by atoms with Crippen molar-refractivity contribution in [3.63, 3.8) is 0 Å². The number of amides is 1. The van der Waals surface area contributed by atoms with Crippen LogP contribution in [-0.4, -0.2) is 50.7 Å². The fourth-order valence-corrected chi connectivity index (χ4v) is 2.51. The third-order valence-corrected chi connectivity index (χ3v) is 3.84. The molecule has 0 saturated heterocycles. The van der Waals surface area contributed by atoms with E-state index in [0.29, 0.717) is 55.5 Å². The van der Waals surface area contributed by atoms with Gasteiger partial charge in [-0.2, -0.15) is 5.26 Å². The van der Waals surface area contributed by atoms with Gasteiger partial charge in [0.1, 0.15) is 0 Å². The summed E-state index contributed by atoms with van der Waals surface area (Å²) in [6.45, 7) is 5.35. The first-order valence-corrected chi connectivity index (χ1v) is 8.96. The largest absolute Gasteiger partial charge is 0.493 e. The van der Waals surface area contributed by atoms with Gasteiger partial charge in [-0.15, -0.1) is 0 Å². The SMILES string of the molecule is COC(=O)CCN(CC(C)C)C(=O)CCCOc1ccc(C#N)cc1OC. The first-order chi connectivity index (χ1) is 12.9. The number of rotatable bonds is 11. The van der Waals surface area contributed by atoms with Crippen LogP contribution in [0.15, 0.2) is 18.2 Å². The minimum atomic E-state index is -0.326. The summed E-state index contributed by atoms with van der Waals surface area (Å²) in [6, 6.07) is 6.99. The molecule has 0 aliphatic carbocycles. The van der Waals surface area contributed by atoms with Crippen molar-refractivity contribution in [1.29, 1.82) is 5.26 Å². The van der Waals surface area contributed by atoms with Gasteiger partial charge >= 0.3 is 5.97 Å². The molecule has 0 atom stereocenters. The number of carbonyl (C=O) groups is 2. The molecular weight excluding hydrogens is 348 g/mol. The van der Waals surface area contributed by atoms with E-state index in [4.69, 9.17) is 14.7 Å². The van der Waals surface area contributed by atoms with Crippen LogP contribution in [0.5, 0.6) is 11.5 Å². The Bertz CT molecular complexity index is 667. The second-order valence-electron chi connectivity index (χ2n) is 6.49. The van der Waals surface area contributed by atoms with Crippen LogP contribution in [-0.2, 0) is 14.3 Å². The summed E-state index contributed by atoms with van der Waals surface area (Å²) >= 11 is 0. The van der Waals surface area contributed by atoms with E-state index in [-0.39, 0.29) is 18.3 Å². The Morgan fingerprint density at radius 3 is 2.52 bits per heavy atom. The van der Waals surface area contributed by atoms with E-state index in [2.05, 4.69) is 4.74 Å². The minimum absolute atomic E-state index is 0.0111. The predicted octanol–water partition coefficient (Wildman–Crippen LogP) is 2.77. The van der Waals surface area contributed by atoms with Crippen LogP contribution in [0, 0.1) is 17.2 Å². The Hall–Kier alpha value is -2.75. The van der Waals surface area contributed by atoms with E-state index in [0.717, 1.165) is 0 Å². The third-order valence-electron chi connectivity index (χ3n) is 3.84. The number of hydrogen-bond acceptors (Lipinski definition) is 6. The van der Waals surface area contributed by atoms with Crippen LogP contribution < -0.4 is 9.47 Å². The Kier molecular flexibility index (Phi) is 9.73. The maximum Gasteiger partial charge on any atom is 0.307 e. The second-order valence-corrected chi connectivity index (χ2v) is 6.49. The first kappa shape index (κ1) is 22.3. The van der Waals surface area contributed by atoms with Crippen molar-refractivity contribution in [2.24, 2.45) is 5.92 Å². The summed E-state index contributed by atoms with van der Waals surface area (Å²) in [5.74, 6) is 0.995. The molecule has 0 N–H and O–H groups in total. The Morgan fingerprint density at radius 1 is 1.19 bits per heavy atom. The third kappa shape index (κ3) is 7.99. The van der Waals surface area contributed by atoms with Gasteiger partial charge in [0.05, 0.1) is 38.9 Å². The Balaban J connectivity index is 2.51. The molecule has 1 aromatic carbocycles. The molecule has 0 aliphatic heterocycles. The highest BCUT2D eigenvalue weighted by molar-refractivity contribution is 5.77. The normalized spacial score (nSPS) is 10.2. The molecule has 27 heavy (non-hydrogen) atoms. The van der Waals surface area contributed by atoms with Crippen molar-refractivity contribution < 1.29 is 23.8 Å². The number of nitrogens with zero attached hydrogens (tertiary/aromatic N) is 2. The highest BCUT2D eigenvalue weighted by atomic mass is 16.5. The zero-order valence-corrected chi connectivity index (χ0v) is 16.5. The van der Waals surface area contributed by atoms with Crippen LogP contribution in [0.4, 0.5) is 0 Å².